The summed E-state index contributed by atoms with van der Waals surface area (Å²) in [6.45, 7) is 3.63. The number of anilines is 2. The highest BCUT2D eigenvalue weighted by Crippen LogP contribution is 2.31. The van der Waals surface area contributed by atoms with E-state index in [0.717, 1.165) is 11.3 Å². The summed E-state index contributed by atoms with van der Waals surface area (Å²) in [6, 6.07) is 13.7. The zero-order valence-corrected chi connectivity index (χ0v) is 24.9. The van der Waals surface area contributed by atoms with E-state index in [-0.39, 0.29) is 47.0 Å². The van der Waals surface area contributed by atoms with Crippen molar-refractivity contribution in [3.63, 3.8) is 0 Å². The first-order valence-corrected chi connectivity index (χ1v) is 15.3. The van der Waals surface area contributed by atoms with Gasteiger partial charge in [-0.1, -0.05) is 13.0 Å². The second kappa shape index (κ2) is 12.9. The van der Waals surface area contributed by atoms with Crippen molar-refractivity contribution in [3.05, 3.63) is 65.5 Å². The molecule has 2 aromatic carbocycles. The molecule has 0 fully saturated rings. The summed E-state index contributed by atoms with van der Waals surface area (Å²) in [7, 11) is -0.671. The lowest BCUT2D eigenvalue weighted by Crippen LogP contribution is -2.50. The van der Waals surface area contributed by atoms with E-state index in [2.05, 4.69) is 10.6 Å². The minimum Gasteiger partial charge on any atom is -0.497 e. The Morgan fingerprint density at radius 3 is 2.51 bits per heavy atom. The normalized spacial score (nSPS) is 18.1. The Balaban J connectivity index is 1.59. The molecular weight excluding hydrogens is 568 g/mol. The summed E-state index contributed by atoms with van der Waals surface area (Å²) in [6.07, 6.45) is -0.604. The molecule has 0 saturated heterocycles. The number of hydrogen-bond acceptors (Lipinski definition) is 8. The average molecular weight is 603 g/mol. The number of thiophene rings is 1. The predicted molar refractivity (Wildman–Crippen MR) is 157 cm³/mol. The fourth-order valence-electron chi connectivity index (χ4n) is 4.40. The molecule has 0 aliphatic carbocycles. The van der Waals surface area contributed by atoms with Crippen LogP contribution in [0, 0.1) is 5.92 Å². The number of amides is 3. The number of rotatable bonds is 9. The highest BCUT2D eigenvalue weighted by molar-refractivity contribution is 7.91. The second-order valence-electron chi connectivity index (χ2n) is 9.86. The molecule has 4 rings (SSSR count). The van der Waals surface area contributed by atoms with Crippen molar-refractivity contribution in [1.82, 2.24) is 9.21 Å². The van der Waals surface area contributed by atoms with Crippen LogP contribution in [0.1, 0.15) is 24.2 Å². The highest BCUT2D eigenvalue weighted by atomic mass is 32.2. The molecule has 0 bridgehead atoms. The van der Waals surface area contributed by atoms with E-state index in [0.29, 0.717) is 17.1 Å². The molecule has 11 nitrogen and oxygen atoms in total. The molecular formula is C28H34N4O7S2. The van der Waals surface area contributed by atoms with Gasteiger partial charge in [-0.3, -0.25) is 4.79 Å². The molecule has 0 spiro atoms. The van der Waals surface area contributed by atoms with Gasteiger partial charge >= 0.3 is 6.03 Å². The maximum atomic E-state index is 13.7. The van der Waals surface area contributed by atoms with E-state index in [4.69, 9.17) is 9.47 Å². The molecule has 1 aromatic heterocycles. The third-order valence-corrected chi connectivity index (χ3v) is 10.1. The van der Waals surface area contributed by atoms with E-state index >= 15 is 0 Å². The number of hydrogen-bond donors (Lipinski definition) is 3. The van der Waals surface area contributed by atoms with Crippen molar-refractivity contribution in [2.24, 2.45) is 5.92 Å². The number of nitrogens with zero attached hydrogens (tertiary/aromatic N) is 2. The zero-order valence-electron chi connectivity index (χ0n) is 23.2. The number of carbonyl (C=O) groups excluding carboxylic acids is 2. The van der Waals surface area contributed by atoms with Crippen LogP contribution in [0.2, 0.25) is 0 Å². The van der Waals surface area contributed by atoms with Crippen molar-refractivity contribution < 1.29 is 32.6 Å². The number of benzene rings is 2. The van der Waals surface area contributed by atoms with Crippen molar-refractivity contribution in [1.29, 1.82) is 0 Å². The lowest BCUT2D eigenvalue weighted by atomic mass is 9.99. The maximum Gasteiger partial charge on any atom is 0.323 e. The number of carbonyl (C=O) groups is 2. The first-order valence-electron chi connectivity index (χ1n) is 13.0. The molecule has 3 aromatic rings. The number of ether oxygens (including phenoxy) is 2. The van der Waals surface area contributed by atoms with Crippen molar-refractivity contribution in [3.8, 4) is 11.5 Å². The molecule has 1 aliphatic heterocycles. The van der Waals surface area contributed by atoms with Gasteiger partial charge in [-0.25, -0.2) is 13.2 Å². The van der Waals surface area contributed by atoms with Gasteiger partial charge in [-0.2, -0.15) is 4.31 Å². The van der Waals surface area contributed by atoms with E-state index in [1.807, 2.05) is 6.92 Å². The molecule has 2 heterocycles. The maximum absolute atomic E-state index is 13.7. The number of aliphatic hydroxyl groups is 1. The average Bonchev–Trinajstić information content (AvgIpc) is 3.51. The molecule has 3 unspecified atom stereocenters. The van der Waals surface area contributed by atoms with Gasteiger partial charge < -0.3 is 30.1 Å². The Bertz CT molecular complexity index is 1460. The SMILES string of the molecule is COc1ccc(NC(=O)Nc2ccc3c(c2)C(=O)N(C(C)CO)CC(C)C(CN(C)S(=O)(=O)c2cccs2)O3)cc1. The first kappa shape index (κ1) is 30.3. The number of methoxy groups -OCH3 is 1. The molecule has 0 radical (unpaired) electrons. The quantitative estimate of drug-likeness (QED) is 0.337. The van der Waals surface area contributed by atoms with Gasteiger partial charge in [0, 0.05) is 30.9 Å². The molecule has 1 aliphatic rings. The van der Waals surface area contributed by atoms with Crippen LogP contribution in [0.25, 0.3) is 0 Å². The number of fused-ring (bicyclic) bond motifs is 1. The van der Waals surface area contributed by atoms with Gasteiger partial charge in [-0.15, -0.1) is 11.3 Å². The van der Waals surface area contributed by atoms with Gasteiger partial charge in [-0.05, 0) is 60.8 Å². The molecule has 220 valence electrons. The van der Waals surface area contributed by atoms with Gasteiger partial charge in [0.25, 0.3) is 15.9 Å². The Labute approximate surface area is 243 Å². The molecule has 0 saturated carbocycles. The van der Waals surface area contributed by atoms with Crippen LogP contribution in [0.4, 0.5) is 16.2 Å². The highest BCUT2D eigenvalue weighted by Gasteiger charge is 2.35. The van der Waals surface area contributed by atoms with Crippen LogP contribution in [0.3, 0.4) is 0 Å². The van der Waals surface area contributed by atoms with E-state index in [1.54, 1.807) is 72.8 Å². The molecule has 3 N–H and O–H groups in total. The minimum atomic E-state index is -3.72. The number of nitrogens with one attached hydrogen (secondary N) is 2. The fourth-order valence-corrected chi connectivity index (χ4v) is 6.79. The van der Waals surface area contributed by atoms with E-state index in [9.17, 15) is 23.1 Å². The van der Waals surface area contributed by atoms with Gasteiger partial charge in [0.15, 0.2) is 0 Å². The summed E-state index contributed by atoms with van der Waals surface area (Å²) in [5.41, 5.74) is 1.09. The van der Waals surface area contributed by atoms with E-state index < -0.39 is 28.2 Å². The summed E-state index contributed by atoms with van der Waals surface area (Å²) in [4.78, 5) is 27.9. The molecule has 3 atom stereocenters. The van der Waals surface area contributed by atoms with Crippen molar-refractivity contribution in [2.75, 3.05) is 44.5 Å². The zero-order chi connectivity index (χ0) is 29.7. The van der Waals surface area contributed by atoms with Crippen LogP contribution in [0.5, 0.6) is 11.5 Å². The predicted octanol–water partition coefficient (Wildman–Crippen LogP) is 3.94. The number of urea groups is 1. The minimum absolute atomic E-state index is 0.0423. The number of likely N-dealkylation sites (N-methyl/N-ethyl adjacent to an activating group) is 1. The number of aliphatic hydroxyl groups excluding tert-OH is 1. The van der Waals surface area contributed by atoms with Gasteiger partial charge in [0.2, 0.25) is 0 Å². The molecule has 3 amide bonds. The Hall–Kier alpha value is -3.65. The van der Waals surface area contributed by atoms with Crippen LogP contribution >= 0.6 is 11.3 Å². The Morgan fingerprint density at radius 1 is 1.20 bits per heavy atom. The van der Waals surface area contributed by atoms with Crippen molar-refractivity contribution in [2.45, 2.75) is 30.2 Å². The smallest absolute Gasteiger partial charge is 0.323 e. The third-order valence-electron chi connectivity index (χ3n) is 6.87. The van der Waals surface area contributed by atoms with Crippen molar-refractivity contribution >= 4 is 44.7 Å². The Morgan fingerprint density at radius 2 is 1.88 bits per heavy atom. The Kier molecular flexibility index (Phi) is 9.53. The fraction of sp³-hybridized carbons (Fsp3) is 0.357. The largest absolute Gasteiger partial charge is 0.497 e. The standard InChI is InChI=1S/C28H34N4O7S2/c1-18-15-32(19(2)17-33)27(34)23-14-21(30-28(35)29-20-7-10-22(38-4)11-8-20)9-12-24(23)39-25(18)16-31(3)41(36,37)26-6-5-13-40-26/h5-14,18-19,25,33H,15-17H2,1-4H3,(H2,29,30,35). The monoisotopic (exact) mass is 602 g/mol. The van der Waals surface area contributed by atoms with E-state index in [1.165, 1.54) is 17.4 Å². The van der Waals surface area contributed by atoms with Gasteiger partial charge in [0.05, 0.1) is 31.9 Å². The second-order valence-corrected chi connectivity index (χ2v) is 13.1. The summed E-state index contributed by atoms with van der Waals surface area (Å²) >= 11 is 1.14. The van der Waals surface area contributed by atoms with Crippen LogP contribution in [0.15, 0.2) is 64.2 Å². The lowest BCUT2D eigenvalue weighted by molar-refractivity contribution is 0.0387. The van der Waals surface area contributed by atoms with Crippen LogP contribution in [-0.4, -0.2) is 80.7 Å². The summed E-state index contributed by atoms with van der Waals surface area (Å²) in [5.74, 6) is 0.270. The number of sulfonamides is 1. The van der Waals surface area contributed by atoms with Crippen LogP contribution in [-0.2, 0) is 10.0 Å². The lowest BCUT2D eigenvalue weighted by Gasteiger charge is -2.38. The first-order chi connectivity index (χ1) is 19.5. The third kappa shape index (κ3) is 6.99. The molecule has 13 heteroatoms. The topological polar surface area (TPSA) is 138 Å². The van der Waals surface area contributed by atoms with Crippen LogP contribution < -0.4 is 20.1 Å². The summed E-state index contributed by atoms with van der Waals surface area (Å²) in [5, 5.41) is 17.0. The molecule has 41 heavy (non-hydrogen) atoms. The van der Waals surface area contributed by atoms with Gasteiger partial charge in [0.1, 0.15) is 21.8 Å². The summed E-state index contributed by atoms with van der Waals surface area (Å²) < 4.78 is 39.1.